The molecule has 1 aromatic carbocycles. The summed E-state index contributed by atoms with van der Waals surface area (Å²) in [6.07, 6.45) is 0. The highest BCUT2D eigenvalue weighted by atomic mass is 79.9. The summed E-state index contributed by atoms with van der Waals surface area (Å²) in [4.78, 5) is 12.1. The van der Waals surface area contributed by atoms with Gasteiger partial charge in [0.25, 0.3) is 0 Å². The van der Waals surface area contributed by atoms with Crippen molar-refractivity contribution in [3.63, 3.8) is 0 Å². The molecule has 2 aliphatic rings. The molecule has 1 aromatic rings. The monoisotopic (exact) mass is 381 g/mol. The number of ether oxygens (including phenoxy) is 1. The minimum Gasteiger partial charge on any atom is -0.440 e. The third-order valence-electron chi connectivity index (χ3n) is 3.24. The number of benzene rings is 1. The summed E-state index contributed by atoms with van der Waals surface area (Å²) in [6.45, 7) is 0. The zero-order chi connectivity index (χ0) is 15.1. The summed E-state index contributed by atoms with van der Waals surface area (Å²) in [5, 5.41) is 11.5. The van der Waals surface area contributed by atoms with Crippen molar-refractivity contribution in [2.45, 2.75) is 11.2 Å². The van der Waals surface area contributed by atoms with Gasteiger partial charge in [0.2, 0.25) is 11.8 Å². The van der Waals surface area contributed by atoms with Crippen LogP contribution in [0.3, 0.4) is 0 Å². The summed E-state index contributed by atoms with van der Waals surface area (Å²) in [5.41, 5.74) is 6.82. The Morgan fingerprint density at radius 2 is 2.29 bits per heavy atom. The van der Waals surface area contributed by atoms with Gasteiger partial charge in [0.05, 0.1) is 5.57 Å². The lowest BCUT2D eigenvalue weighted by atomic mass is 9.86. The van der Waals surface area contributed by atoms with Gasteiger partial charge < -0.3 is 15.8 Å². The van der Waals surface area contributed by atoms with Gasteiger partial charge in [0.1, 0.15) is 21.4 Å². The standard InChI is InChI=1S/C13H8BrN3O2S2/c14-5-1-2-8-6(3-5)9(7(4-15)11(16)19-8)10-12(18)17-13(20)21-10/h1-3,9-10H,16H2,(H,17,18,20). The lowest BCUT2D eigenvalue weighted by Gasteiger charge is -2.28. The molecule has 0 bridgehead atoms. The van der Waals surface area contributed by atoms with Crippen LogP contribution in [0.25, 0.3) is 0 Å². The molecular formula is C13H8BrN3O2S2. The summed E-state index contributed by atoms with van der Waals surface area (Å²) < 4.78 is 6.72. The van der Waals surface area contributed by atoms with E-state index in [4.69, 9.17) is 22.7 Å². The molecule has 21 heavy (non-hydrogen) atoms. The highest BCUT2D eigenvalue weighted by molar-refractivity contribution is 9.10. The van der Waals surface area contributed by atoms with E-state index in [0.717, 1.165) is 10.0 Å². The number of rotatable bonds is 1. The third kappa shape index (κ3) is 2.41. The Bertz CT molecular complexity index is 741. The number of halogens is 1. The number of thioether (sulfide) groups is 1. The molecule has 5 nitrogen and oxygen atoms in total. The summed E-state index contributed by atoms with van der Waals surface area (Å²) in [7, 11) is 0. The van der Waals surface area contributed by atoms with Crippen LogP contribution < -0.4 is 15.8 Å². The first kappa shape index (κ1) is 14.4. The van der Waals surface area contributed by atoms with Crippen molar-refractivity contribution in [2.75, 3.05) is 0 Å². The predicted octanol–water partition coefficient (Wildman–Crippen LogP) is 2.14. The van der Waals surface area contributed by atoms with Gasteiger partial charge in [-0.25, -0.2) is 0 Å². The minimum absolute atomic E-state index is 0.0311. The predicted molar refractivity (Wildman–Crippen MR) is 86.5 cm³/mol. The summed E-state index contributed by atoms with van der Waals surface area (Å²) in [6, 6.07) is 7.45. The molecule has 1 amide bonds. The van der Waals surface area contributed by atoms with Gasteiger partial charge in [-0.2, -0.15) is 5.26 Å². The van der Waals surface area contributed by atoms with Crippen molar-refractivity contribution >= 4 is 50.1 Å². The van der Waals surface area contributed by atoms with Crippen molar-refractivity contribution in [3.05, 3.63) is 39.7 Å². The molecular weight excluding hydrogens is 374 g/mol. The maximum Gasteiger partial charge on any atom is 0.239 e. The number of nitrogens with one attached hydrogen (secondary N) is 1. The van der Waals surface area contributed by atoms with E-state index in [1.54, 1.807) is 6.07 Å². The maximum absolute atomic E-state index is 12.1. The van der Waals surface area contributed by atoms with Gasteiger partial charge in [0.15, 0.2) is 0 Å². The first-order valence-electron chi connectivity index (χ1n) is 5.89. The Hall–Kier alpha value is -1.56. The number of nitrogens with zero attached hydrogens (tertiary/aromatic N) is 1. The molecule has 0 spiro atoms. The number of allylic oxidation sites excluding steroid dienone is 1. The number of nitriles is 1. The van der Waals surface area contributed by atoms with E-state index in [-0.39, 0.29) is 17.4 Å². The average molecular weight is 382 g/mol. The van der Waals surface area contributed by atoms with Crippen LogP contribution in [0, 0.1) is 11.3 Å². The molecule has 2 atom stereocenters. The van der Waals surface area contributed by atoms with E-state index >= 15 is 0 Å². The maximum atomic E-state index is 12.1. The number of hydrogen-bond donors (Lipinski definition) is 2. The first-order chi connectivity index (χ1) is 10.0. The average Bonchev–Trinajstić information content (AvgIpc) is 2.76. The number of fused-ring (bicyclic) bond motifs is 1. The first-order valence-corrected chi connectivity index (χ1v) is 7.98. The lowest BCUT2D eigenvalue weighted by Crippen LogP contribution is -2.32. The second kappa shape index (κ2) is 5.33. The molecule has 0 aliphatic carbocycles. The Labute approximate surface area is 138 Å². The van der Waals surface area contributed by atoms with Gasteiger partial charge in [-0.05, 0) is 18.2 Å². The molecule has 0 saturated carbocycles. The van der Waals surface area contributed by atoms with Crippen molar-refractivity contribution in [2.24, 2.45) is 5.73 Å². The fraction of sp³-hybridized carbons (Fsp3) is 0.154. The topological polar surface area (TPSA) is 88.1 Å². The van der Waals surface area contributed by atoms with Gasteiger partial charge in [-0.3, -0.25) is 4.79 Å². The van der Waals surface area contributed by atoms with Gasteiger partial charge in [0, 0.05) is 16.0 Å². The van der Waals surface area contributed by atoms with Crippen molar-refractivity contribution in [3.8, 4) is 11.8 Å². The number of carbonyl (C=O) groups excluding carboxylic acids is 1. The second-order valence-corrected chi connectivity index (χ2v) is 7.20. The van der Waals surface area contributed by atoms with Crippen molar-refractivity contribution in [1.29, 1.82) is 5.26 Å². The van der Waals surface area contributed by atoms with Gasteiger partial charge in [-0.1, -0.05) is 39.9 Å². The molecule has 2 aliphatic heterocycles. The van der Waals surface area contributed by atoms with E-state index in [2.05, 4.69) is 27.3 Å². The molecule has 0 radical (unpaired) electrons. The van der Waals surface area contributed by atoms with Crippen LogP contribution in [0.2, 0.25) is 0 Å². The summed E-state index contributed by atoms with van der Waals surface area (Å²) in [5.74, 6) is -0.125. The van der Waals surface area contributed by atoms with Crippen LogP contribution in [-0.2, 0) is 4.79 Å². The highest BCUT2D eigenvalue weighted by Gasteiger charge is 2.43. The minimum atomic E-state index is -0.525. The van der Waals surface area contributed by atoms with Gasteiger partial charge >= 0.3 is 0 Å². The molecule has 2 heterocycles. The molecule has 106 valence electrons. The third-order valence-corrected chi connectivity index (χ3v) is 5.18. The van der Waals surface area contributed by atoms with Crippen LogP contribution in [0.1, 0.15) is 11.5 Å². The molecule has 8 heteroatoms. The SMILES string of the molecule is N#CC1=C(N)Oc2ccc(Br)cc2C1C1SC(=S)NC1=O. The van der Waals surface area contributed by atoms with Gasteiger partial charge in [-0.15, -0.1) is 0 Å². The fourth-order valence-electron chi connectivity index (χ4n) is 2.37. The van der Waals surface area contributed by atoms with E-state index in [0.29, 0.717) is 10.1 Å². The Morgan fingerprint density at radius 1 is 1.52 bits per heavy atom. The molecule has 3 N–H and O–H groups in total. The van der Waals surface area contributed by atoms with E-state index in [9.17, 15) is 10.1 Å². The van der Waals surface area contributed by atoms with Crippen molar-refractivity contribution in [1.82, 2.24) is 5.32 Å². The van der Waals surface area contributed by atoms with E-state index in [1.807, 2.05) is 12.1 Å². The molecule has 1 saturated heterocycles. The van der Waals surface area contributed by atoms with Crippen LogP contribution in [-0.4, -0.2) is 15.5 Å². The second-order valence-electron chi connectivity index (χ2n) is 4.47. The number of carbonyl (C=O) groups is 1. The quantitative estimate of drug-likeness (QED) is 0.724. The lowest BCUT2D eigenvalue weighted by molar-refractivity contribution is -0.119. The van der Waals surface area contributed by atoms with Crippen LogP contribution >= 0.6 is 39.9 Å². The van der Waals surface area contributed by atoms with Crippen molar-refractivity contribution < 1.29 is 9.53 Å². The largest absolute Gasteiger partial charge is 0.440 e. The van der Waals surface area contributed by atoms with Crippen LogP contribution in [0.5, 0.6) is 5.75 Å². The summed E-state index contributed by atoms with van der Waals surface area (Å²) >= 11 is 9.65. The number of nitrogens with two attached hydrogens (primary N) is 1. The number of thiocarbonyl (C=S) groups is 1. The zero-order valence-corrected chi connectivity index (χ0v) is 13.6. The van der Waals surface area contributed by atoms with Crippen LogP contribution in [0.15, 0.2) is 34.1 Å². The Balaban J connectivity index is 2.16. The molecule has 3 rings (SSSR count). The molecule has 1 fully saturated rings. The Kier molecular flexibility index (Phi) is 3.65. The normalized spacial score (nSPS) is 24.2. The smallest absolute Gasteiger partial charge is 0.239 e. The number of amides is 1. The molecule has 0 aromatic heterocycles. The fourth-order valence-corrected chi connectivity index (χ4v) is 4.13. The Morgan fingerprint density at radius 3 is 2.90 bits per heavy atom. The molecule has 2 unspecified atom stereocenters. The van der Waals surface area contributed by atoms with Crippen LogP contribution in [0.4, 0.5) is 0 Å². The van der Waals surface area contributed by atoms with E-state index < -0.39 is 11.2 Å². The highest BCUT2D eigenvalue weighted by Crippen LogP contribution is 2.45. The zero-order valence-electron chi connectivity index (χ0n) is 10.4. The number of hydrogen-bond acceptors (Lipinski definition) is 6. The van der Waals surface area contributed by atoms with E-state index in [1.165, 1.54) is 11.8 Å².